The second-order valence-corrected chi connectivity index (χ2v) is 6.71. The normalized spacial score (nSPS) is 15.9. The molecule has 0 spiro atoms. The zero-order valence-electron chi connectivity index (χ0n) is 16.0. The number of anilines is 1. The Balaban J connectivity index is 1.75. The summed E-state index contributed by atoms with van der Waals surface area (Å²) in [5.41, 5.74) is 1.07. The lowest BCUT2D eigenvalue weighted by Gasteiger charge is -2.28. The van der Waals surface area contributed by atoms with Gasteiger partial charge in [0.2, 0.25) is 0 Å². The number of piperazine rings is 1. The van der Waals surface area contributed by atoms with Crippen LogP contribution in [0.15, 0.2) is 27.1 Å². The second-order valence-electron chi connectivity index (χ2n) is 6.19. The number of hydrogen-bond donors (Lipinski definition) is 2. The highest BCUT2D eigenvalue weighted by molar-refractivity contribution is 7.97. The Morgan fingerprint density at radius 2 is 2.15 bits per heavy atom. The molecule has 0 atom stereocenters. The maximum Gasteiger partial charge on any atom is 0.194 e. The first-order chi connectivity index (χ1) is 12.7. The van der Waals surface area contributed by atoms with Crippen LogP contribution >= 0.6 is 12.1 Å². The summed E-state index contributed by atoms with van der Waals surface area (Å²) in [6.07, 6.45) is 4.11. The number of aromatic nitrogens is 1. The van der Waals surface area contributed by atoms with E-state index in [-0.39, 0.29) is 0 Å². The second kappa shape index (κ2) is 11.7. The van der Waals surface area contributed by atoms with Crippen molar-refractivity contribution in [3.63, 3.8) is 0 Å². The van der Waals surface area contributed by atoms with Gasteiger partial charge in [0.1, 0.15) is 30.4 Å². The molecule has 8 heteroatoms. The number of hydrogen-bond acceptors (Lipinski definition) is 7. The molecule has 2 rings (SSSR count). The Morgan fingerprint density at radius 1 is 1.35 bits per heavy atom. The van der Waals surface area contributed by atoms with Gasteiger partial charge in [-0.3, -0.25) is 0 Å². The molecule has 144 valence electrons. The molecule has 0 bridgehead atoms. The number of nitrogens with zero attached hydrogens (tertiary/aromatic N) is 4. The standard InChI is InChI=1S/C18H30N6OS/c1-4-5-7-20-18-13-17(6-8-21-18)14-25-16(3)23-26-22-15(2)24-11-9-19-10-12-24/h6,8,13,19H,4-5,7,9-12,14H2,1-3H3,(H,20,21)/b22-15+,23-16+. The molecule has 1 fully saturated rings. The monoisotopic (exact) mass is 378 g/mol. The van der Waals surface area contributed by atoms with Gasteiger partial charge in [0, 0.05) is 45.8 Å². The molecule has 0 saturated carbocycles. The third-order valence-electron chi connectivity index (χ3n) is 4.03. The van der Waals surface area contributed by atoms with E-state index in [2.05, 4.69) is 36.2 Å². The summed E-state index contributed by atoms with van der Waals surface area (Å²) in [6.45, 7) is 11.5. The Hall–Kier alpha value is -1.80. The van der Waals surface area contributed by atoms with Crippen molar-refractivity contribution in [2.45, 2.75) is 40.2 Å². The Morgan fingerprint density at radius 3 is 2.92 bits per heavy atom. The first-order valence-corrected chi connectivity index (χ1v) is 9.94. The molecule has 0 amide bonds. The molecular weight excluding hydrogens is 348 g/mol. The first kappa shape index (κ1) is 20.5. The minimum Gasteiger partial charge on any atom is -0.476 e. The quantitative estimate of drug-likeness (QED) is 0.313. The predicted octanol–water partition coefficient (Wildman–Crippen LogP) is 3.12. The highest BCUT2D eigenvalue weighted by atomic mass is 32.2. The van der Waals surface area contributed by atoms with Gasteiger partial charge in [-0.15, -0.1) is 0 Å². The highest BCUT2D eigenvalue weighted by Crippen LogP contribution is 2.11. The van der Waals surface area contributed by atoms with Gasteiger partial charge < -0.3 is 20.3 Å². The van der Waals surface area contributed by atoms with E-state index in [1.807, 2.05) is 26.0 Å². The lowest BCUT2D eigenvalue weighted by atomic mass is 10.2. The van der Waals surface area contributed by atoms with Crippen LogP contribution in [0.2, 0.25) is 0 Å². The number of ether oxygens (including phenoxy) is 1. The van der Waals surface area contributed by atoms with Crippen molar-refractivity contribution in [1.29, 1.82) is 0 Å². The average molecular weight is 379 g/mol. The Bertz CT molecular complexity index is 601. The van der Waals surface area contributed by atoms with Crippen LogP contribution < -0.4 is 10.6 Å². The van der Waals surface area contributed by atoms with Gasteiger partial charge >= 0.3 is 0 Å². The molecule has 0 aliphatic carbocycles. The lowest BCUT2D eigenvalue weighted by molar-refractivity contribution is 0.291. The van der Waals surface area contributed by atoms with Gasteiger partial charge in [-0.05, 0) is 31.0 Å². The van der Waals surface area contributed by atoms with Crippen LogP contribution in [0.4, 0.5) is 5.82 Å². The fourth-order valence-electron chi connectivity index (χ4n) is 2.45. The Kier molecular flexibility index (Phi) is 9.27. The van der Waals surface area contributed by atoms with E-state index in [1.165, 1.54) is 18.6 Å². The van der Waals surface area contributed by atoms with Crippen molar-refractivity contribution in [3.8, 4) is 0 Å². The van der Waals surface area contributed by atoms with E-state index < -0.39 is 0 Å². The number of amidine groups is 1. The molecule has 1 aliphatic heterocycles. The van der Waals surface area contributed by atoms with E-state index >= 15 is 0 Å². The zero-order valence-corrected chi connectivity index (χ0v) is 16.8. The molecule has 0 radical (unpaired) electrons. The molecule has 26 heavy (non-hydrogen) atoms. The number of nitrogens with one attached hydrogen (secondary N) is 2. The summed E-state index contributed by atoms with van der Waals surface area (Å²) >= 11 is 1.18. The third kappa shape index (κ3) is 7.61. The molecule has 2 N–H and O–H groups in total. The minimum atomic E-state index is 0.474. The summed E-state index contributed by atoms with van der Waals surface area (Å²) in [5.74, 6) is 2.51. The van der Waals surface area contributed by atoms with Gasteiger partial charge in [-0.2, -0.15) is 8.80 Å². The van der Waals surface area contributed by atoms with Crippen LogP contribution in [0.1, 0.15) is 39.2 Å². The van der Waals surface area contributed by atoms with Gasteiger partial charge in [0.25, 0.3) is 0 Å². The molecule has 1 saturated heterocycles. The van der Waals surface area contributed by atoms with Gasteiger partial charge in [-0.1, -0.05) is 13.3 Å². The van der Waals surface area contributed by atoms with E-state index in [0.717, 1.165) is 56.4 Å². The maximum absolute atomic E-state index is 5.72. The summed E-state index contributed by atoms with van der Waals surface area (Å²) in [4.78, 5) is 6.59. The van der Waals surface area contributed by atoms with Crippen LogP contribution in [-0.4, -0.2) is 54.3 Å². The number of pyridine rings is 1. The van der Waals surface area contributed by atoms with Crippen LogP contribution in [0.3, 0.4) is 0 Å². The zero-order chi connectivity index (χ0) is 18.6. The van der Waals surface area contributed by atoms with E-state index in [9.17, 15) is 0 Å². The molecule has 0 unspecified atom stereocenters. The van der Waals surface area contributed by atoms with Crippen molar-refractivity contribution in [3.05, 3.63) is 23.9 Å². The fraction of sp³-hybridized carbons (Fsp3) is 0.611. The van der Waals surface area contributed by atoms with Gasteiger partial charge in [0.15, 0.2) is 5.90 Å². The molecule has 2 heterocycles. The number of rotatable bonds is 8. The van der Waals surface area contributed by atoms with Crippen molar-refractivity contribution < 1.29 is 4.74 Å². The topological polar surface area (TPSA) is 74.1 Å². The van der Waals surface area contributed by atoms with Crippen LogP contribution in [0.25, 0.3) is 0 Å². The molecule has 0 aromatic carbocycles. The minimum absolute atomic E-state index is 0.474. The highest BCUT2D eigenvalue weighted by Gasteiger charge is 2.10. The molecule has 7 nitrogen and oxygen atoms in total. The van der Waals surface area contributed by atoms with Crippen LogP contribution in [0.5, 0.6) is 0 Å². The van der Waals surface area contributed by atoms with E-state index in [0.29, 0.717) is 12.5 Å². The summed E-state index contributed by atoms with van der Waals surface area (Å²) in [7, 11) is 0. The van der Waals surface area contributed by atoms with Crippen molar-refractivity contribution in [1.82, 2.24) is 15.2 Å². The van der Waals surface area contributed by atoms with Crippen molar-refractivity contribution in [2.24, 2.45) is 8.80 Å². The molecule has 1 aromatic rings. The SMILES string of the molecule is CCCCNc1cc(CO/C(C)=N/S/N=C(\C)N2CCNCC2)ccn1. The largest absolute Gasteiger partial charge is 0.476 e. The first-order valence-electron chi connectivity index (χ1n) is 9.21. The molecular formula is C18H30N6OS. The maximum atomic E-state index is 5.72. The van der Waals surface area contributed by atoms with Crippen molar-refractivity contribution >= 4 is 29.7 Å². The Labute approximate surface area is 161 Å². The lowest BCUT2D eigenvalue weighted by Crippen LogP contribution is -2.45. The average Bonchev–Trinajstić information content (AvgIpc) is 2.67. The fourth-order valence-corrected chi connectivity index (χ4v) is 2.89. The molecule has 1 aromatic heterocycles. The summed E-state index contributed by atoms with van der Waals surface area (Å²) in [5, 5.41) is 6.66. The van der Waals surface area contributed by atoms with E-state index in [4.69, 9.17) is 4.74 Å². The van der Waals surface area contributed by atoms with Crippen LogP contribution in [-0.2, 0) is 11.3 Å². The van der Waals surface area contributed by atoms with Crippen LogP contribution in [0, 0.1) is 0 Å². The van der Waals surface area contributed by atoms with Gasteiger partial charge in [-0.25, -0.2) is 4.98 Å². The van der Waals surface area contributed by atoms with Gasteiger partial charge in [0.05, 0.1) is 0 Å². The number of unbranched alkanes of at least 4 members (excludes halogenated alkanes) is 1. The van der Waals surface area contributed by atoms with E-state index in [1.54, 1.807) is 6.20 Å². The third-order valence-corrected chi connectivity index (χ3v) is 4.71. The van der Waals surface area contributed by atoms with Crippen molar-refractivity contribution in [2.75, 3.05) is 38.0 Å². The smallest absolute Gasteiger partial charge is 0.194 e. The molecule has 1 aliphatic rings. The summed E-state index contributed by atoms with van der Waals surface area (Å²) in [6, 6.07) is 3.97. The predicted molar refractivity (Wildman–Crippen MR) is 111 cm³/mol. The summed E-state index contributed by atoms with van der Waals surface area (Å²) < 4.78 is 14.5.